The number of fused-ring (bicyclic) bond motifs is 1. The summed E-state index contributed by atoms with van der Waals surface area (Å²) in [4.78, 5) is 38.1. The van der Waals surface area contributed by atoms with Crippen molar-refractivity contribution in [1.82, 2.24) is 0 Å². The molecule has 0 amide bonds. The molecule has 2 saturated carbocycles. The van der Waals surface area contributed by atoms with Crippen LogP contribution in [0, 0.1) is 28.1 Å². The van der Waals surface area contributed by atoms with Gasteiger partial charge in [-0.05, 0) is 24.7 Å². The van der Waals surface area contributed by atoms with Gasteiger partial charge >= 0.3 is 17.9 Å². The van der Waals surface area contributed by atoms with Crippen LogP contribution in [0.15, 0.2) is 0 Å². The number of esters is 3. The van der Waals surface area contributed by atoms with E-state index in [1.54, 1.807) is 0 Å². The summed E-state index contributed by atoms with van der Waals surface area (Å²) in [5.74, 6) is -3.52. The molecule has 4 unspecified atom stereocenters. The van der Waals surface area contributed by atoms with Crippen molar-refractivity contribution < 1.29 is 43.5 Å². The van der Waals surface area contributed by atoms with E-state index in [1.165, 1.54) is 6.92 Å². The summed E-state index contributed by atoms with van der Waals surface area (Å²) in [6.07, 6.45) is -3.96. The monoisotopic (exact) mass is 408 g/mol. The number of aliphatic hydroxyl groups excluding tert-OH is 1. The number of carbonyl (C=O) groups is 3. The molecule has 0 bridgehead atoms. The molecule has 9 nitrogen and oxygen atoms in total. The van der Waals surface area contributed by atoms with Gasteiger partial charge in [0.15, 0.2) is 11.7 Å². The molecule has 6 rings (SSSR count). The lowest BCUT2D eigenvalue weighted by atomic mass is 9.51. The van der Waals surface area contributed by atoms with Crippen molar-refractivity contribution in [2.45, 2.75) is 76.3 Å². The predicted octanol–water partition coefficient (Wildman–Crippen LogP) is -0.340. The number of hydrogen-bond acceptors (Lipinski definition) is 9. The molecule has 2 N–H and O–H groups in total. The van der Waals surface area contributed by atoms with Gasteiger partial charge < -0.3 is 29.2 Å². The predicted molar refractivity (Wildman–Crippen MR) is 90.6 cm³/mol. The van der Waals surface area contributed by atoms with Gasteiger partial charge in [0.2, 0.25) is 11.9 Å². The third-order valence-corrected chi connectivity index (χ3v) is 8.97. The zero-order valence-electron chi connectivity index (χ0n) is 16.6. The smallest absolute Gasteiger partial charge is 0.342 e. The van der Waals surface area contributed by atoms with Crippen molar-refractivity contribution in [3.05, 3.63) is 0 Å². The first-order valence-electron chi connectivity index (χ1n) is 10.1. The third kappa shape index (κ3) is 1.35. The third-order valence-electron chi connectivity index (χ3n) is 8.97. The van der Waals surface area contributed by atoms with Crippen molar-refractivity contribution in [1.29, 1.82) is 0 Å². The van der Waals surface area contributed by atoms with Crippen molar-refractivity contribution in [3.63, 3.8) is 0 Å². The molecule has 0 radical (unpaired) electrons. The van der Waals surface area contributed by atoms with E-state index in [1.807, 2.05) is 20.8 Å². The zero-order valence-corrected chi connectivity index (χ0v) is 16.6. The maximum atomic E-state index is 13.3. The lowest BCUT2D eigenvalue weighted by Crippen LogP contribution is -2.66. The van der Waals surface area contributed by atoms with Crippen molar-refractivity contribution in [3.8, 4) is 0 Å². The molecule has 4 aliphatic heterocycles. The van der Waals surface area contributed by atoms with Gasteiger partial charge in [-0.25, -0.2) is 9.59 Å². The van der Waals surface area contributed by atoms with Crippen LogP contribution in [0.5, 0.6) is 0 Å². The van der Waals surface area contributed by atoms with Crippen LogP contribution in [0.4, 0.5) is 0 Å². The Balaban J connectivity index is 1.68. The van der Waals surface area contributed by atoms with Crippen molar-refractivity contribution in [2.24, 2.45) is 28.1 Å². The fourth-order valence-electron chi connectivity index (χ4n) is 8.06. The van der Waals surface area contributed by atoms with Crippen LogP contribution in [-0.2, 0) is 33.3 Å². The lowest BCUT2D eigenvalue weighted by molar-refractivity contribution is -0.238. The standard InChI is InChI=1S/C20H24O9/c1-7-12(22)26-10-6-17-9-5-8(16(2,3)4)18(17)11(21)13(23)28-15(18)29-20(17,14(24)27-9)19(7,10)25/h7-11,15,21,25H,5-6H2,1-4H3/t7-,8+,9-,10?,11+,15?,17?,18?,19-,20+/m1/s1. The Morgan fingerprint density at radius 2 is 1.72 bits per heavy atom. The molecule has 2 spiro atoms. The van der Waals surface area contributed by atoms with E-state index >= 15 is 0 Å². The van der Waals surface area contributed by atoms with Crippen LogP contribution in [0.3, 0.4) is 0 Å². The fraction of sp³-hybridized carbons (Fsp3) is 0.850. The minimum Gasteiger partial charge on any atom is -0.459 e. The van der Waals surface area contributed by atoms with Crippen LogP contribution in [-0.4, -0.2) is 63.9 Å². The largest absolute Gasteiger partial charge is 0.459 e. The second kappa shape index (κ2) is 4.48. The van der Waals surface area contributed by atoms with Crippen LogP contribution in [0.2, 0.25) is 0 Å². The van der Waals surface area contributed by atoms with Gasteiger partial charge in [0.25, 0.3) is 0 Å². The topological polar surface area (TPSA) is 129 Å². The summed E-state index contributed by atoms with van der Waals surface area (Å²) in [7, 11) is 0. The first-order chi connectivity index (χ1) is 13.4. The second-order valence-electron chi connectivity index (χ2n) is 10.6. The van der Waals surface area contributed by atoms with Crippen LogP contribution >= 0.6 is 0 Å². The van der Waals surface area contributed by atoms with Crippen LogP contribution in [0.25, 0.3) is 0 Å². The Kier molecular flexibility index (Phi) is 2.79. The minimum absolute atomic E-state index is 0.0623. The molecule has 4 heterocycles. The van der Waals surface area contributed by atoms with E-state index in [2.05, 4.69) is 0 Å². The Labute approximate surface area is 166 Å². The molecule has 6 aliphatic rings. The quantitative estimate of drug-likeness (QED) is 0.408. The molecule has 6 fully saturated rings. The SMILES string of the molecule is C[C@@H]1C(=O)OC2CC34[C@H]5C[C@@H](C(C)(C)C)C36C(OC(=O)[C@@H]6O)O[C@]4(C(=O)O5)[C@]21O. The summed E-state index contributed by atoms with van der Waals surface area (Å²) in [6.45, 7) is 7.47. The van der Waals surface area contributed by atoms with E-state index in [9.17, 15) is 24.6 Å². The molecular weight excluding hydrogens is 384 g/mol. The van der Waals surface area contributed by atoms with E-state index in [-0.39, 0.29) is 17.8 Å². The highest BCUT2D eigenvalue weighted by Crippen LogP contribution is 2.84. The summed E-state index contributed by atoms with van der Waals surface area (Å²) in [5.41, 5.74) is -6.81. The van der Waals surface area contributed by atoms with Crippen molar-refractivity contribution in [2.75, 3.05) is 0 Å². The number of carbonyl (C=O) groups excluding carboxylic acids is 3. The van der Waals surface area contributed by atoms with Gasteiger partial charge in [-0.3, -0.25) is 4.79 Å². The highest BCUT2D eigenvalue weighted by molar-refractivity contribution is 5.93. The average molecular weight is 408 g/mol. The molecule has 0 aromatic heterocycles. The molecule has 4 saturated heterocycles. The first-order valence-corrected chi connectivity index (χ1v) is 10.1. The summed E-state index contributed by atoms with van der Waals surface area (Å²) in [6, 6.07) is 0. The van der Waals surface area contributed by atoms with E-state index in [4.69, 9.17) is 18.9 Å². The average Bonchev–Trinajstić information content (AvgIpc) is 3.31. The normalized spacial score (nSPS) is 59.2. The van der Waals surface area contributed by atoms with Gasteiger partial charge in [-0.1, -0.05) is 20.8 Å². The molecule has 2 aliphatic carbocycles. The van der Waals surface area contributed by atoms with E-state index in [0.717, 1.165) is 0 Å². The maximum absolute atomic E-state index is 13.3. The summed E-state index contributed by atoms with van der Waals surface area (Å²) in [5, 5.41) is 23.0. The fourth-order valence-corrected chi connectivity index (χ4v) is 8.06. The Bertz CT molecular complexity index is 893. The molecule has 29 heavy (non-hydrogen) atoms. The number of rotatable bonds is 0. The first kappa shape index (κ1) is 18.1. The zero-order chi connectivity index (χ0) is 20.9. The Hall–Kier alpha value is -1.71. The van der Waals surface area contributed by atoms with Crippen LogP contribution in [0.1, 0.15) is 40.5 Å². The number of aliphatic hydroxyl groups is 2. The van der Waals surface area contributed by atoms with Crippen LogP contribution < -0.4 is 0 Å². The van der Waals surface area contributed by atoms with Gasteiger partial charge in [-0.2, -0.15) is 0 Å². The summed E-state index contributed by atoms with van der Waals surface area (Å²) < 4.78 is 22.9. The molecule has 158 valence electrons. The van der Waals surface area contributed by atoms with Gasteiger partial charge in [-0.15, -0.1) is 0 Å². The van der Waals surface area contributed by atoms with E-state index < -0.39 is 70.5 Å². The second-order valence-corrected chi connectivity index (χ2v) is 10.6. The maximum Gasteiger partial charge on any atom is 0.342 e. The van der Waals surface area contributed by atoms with Crippen molar-refractivity contribution >= 4 is 17.9 Å². The summed E-state index contributed by atoms with van der Waals surface area (Å²) >= 11 is 0. The molecule has 0 aromatic carbocycles. The molecule has 0 aromatic rings. The minimum atomic E-state index is -1.97. The highest BCUT2D eigenvalue weighted by atomic mass is 16.8. The van der Waals surface area contributed by atoms with Gasteiger partial charge in [0.05, 0.1) is 16.7 Å². The lowest BCUT2D eigenvalue weighted by Gasteiger charge is -2.46. The Morgan fingerprint density at radius 3 is 2.38 bits per heavy atom. The molecule has 10 atom stereocenters. The van der Waals surface area contributed by atoms with Gasteiger partial charge in [0, 0.05) is 6.42 Å². The Morgan fingerprint density at radius 1 is 1.03 bits per heavy atom. The highest BCUT2D eigenvalue weighted by Gasteiger charge is 3.01. The van der Waals surface area contributed by atoms with Gasteiger partial charge in [0.1, 0.15) is 12.2 Å². The van der Waals surface area contributed by atoms with E-state index in [0.29, 0.717) is 6.42 Å². The number of hydrogen-bond donors (Lipinski definition) is 2. The number of ether oxygens (including phenoxy) is 4. The molecule has 9 heteroatoms. The molecular formula is C20H24O9.